The number of likely N-dealkylation sites (tertiary alicyclic amines) is 1. The van der Waals surface area contributed by atoms with Gasteiger partial charge >= 0.3 is 0 Å². The van der Waals surface area contributed by atoms with E-state index in [4.69, 9.17) is 0 Å². The lowest BCUT2D eigenvalue weighted by molar-refractivity contribution is 0.140. The molecule has 0 bridgehead atoms. The summed E-state index contributed by atoms with van der Waals surface area (Å²) in [6.07, 6.45) is 4.41. The molecule has 1 saturated heterocycles. The van der Waals surface area contributed by atoms with E-state index in [0.29, 0.717) is 12.6 Å². The van der Waals surface area contributed by atoms with Crippen LogP contribution in [0.4, 0.5) is 0 Å². The van der Waals surface area contributed by atoms with Gasteiger partial charge in [0, 0.05) is 24.7 Å². The van der Waals surface area contributed by atoms with Crippen molar-refractivity contribution < 1.29 is 0 Å². The standard InChI is InChI=1S/C21H31N5S/c1-16-8-11-26(12-9-16)19(20-7-5-13-27-20)15-25-21(22-3)24-14-18-17(2)6-4-10-23-18/h4-7,10,13,16,19H,8-9,11-12,14-15H2,1-3H3,(H2,22,24,25). The summed E-state index contributed by atoms with van der Waals surface area (Å²) in [5.74, 6) is 1.67. The third-order valence-corrected chi connectivity index (χ3v) is 6.33. The van der Waals surface area contributed by atoms with Gasteiger partial charge in [-0.2, -0.15) is 0 Å². The zero-order valence-corrected chi connectivity index (χ0v) is 17.4. The van der Waals surface area contributed by atoms with E-state index in [2.05, 4.69) is 62.9 Å². The van der Waals surface area contributed by atoms with Crippen molar-refractivity contribution in [3.63, 3.8) is 0 Å². The highest BCUT2D eigenvalue weighted by Gasteiger charge is 2.25. The smallest absolute Gasteiger partial charge is 0.191 e. The quantitative estimate of drug-likeness (QED) is 0.589. The molecule has 27 heavy (non-hydrogen) atoms. The Morgan fingerprint density at radius 3 is 2.78 bits per heavy atom. The van der Waals surface area contributed by atoms with Gasteiger partial charge < -0.3 is 10.6 Å². The van der Waals surface area contributed by atoms with E-state index < -0.39 is 0 Å². The van der Waals surface area contributed by atoms with Crippen molar-refractivity contribution in [2.45, 2.75) is 39.3 Å². The third-order valence-electron chi connectivity index (χ3n) is 5.36. The summed E-state index contributed by atoms with van der Waals surface area (Å²) in [7, 11) is 1.82. The van der Waals surface area contributed by atoms with Crippen molar-refractivity contribution in [1.82, 2.24) is 20.5 Å². The molecular formula is C21H31N5S. The van der Waals surface area contributed by atoms with E-state index in [9.17, 15) is 0 Å². The van der Waals surface area contributed by atoms with Crippen LogP contribution in [0, 0.1) is 12.8 Å². The first-order valence-corrected chi connectivity index (χ1v) is 10.7. The van der Waals surface area contributed by atoms with Crippen molar-refractivity contribution in [3.8, 4) is 0 Å². The third kappa shape index (κ3) is 5.53. The van der Waals surface area contributed by atoms with Crippen LogP contribution in [0.5, 0.6) is 0 Å². The molecule has 1 unspecified atom stereocenters. The molecule has 0 saturated carbocycles. The van der Waals surface area contributed by atoms with Crippen LogP contribution in [0.2, 0.25) is 0 Å². The summed E-state index contributed by atoms with van der Waals surface area (Å²) in [4.78, 5) is 12.9. The molecule has 0 amide bonds. The Morgan fingerprint density at radius 2 is 2.11 bits per heavy atom. The number of aryl methyl sites for hydroxylation is 1. The molecule has 3 heterocycles. The number of rotatable bonds is 6. The Morgan fingerprint density at radius 1 is 1.30 bits per heavy atom. The maximum atomic E-state index is 4.45. The second-order valence-electron chi connectivity index (χ2n) is 7.32. The van der Waals surface area contributed by atoms with Crippen LogP contribution in [-0.4, -0.2) is 42.5 Å². The molecule has 0 aromatic carbocycles. The monoisotopic (exact) mass is 385 g/mol. The van der Waals surface area contributed by atoms with Crippen LogP contribution in [-0.2, 0) is 6.54 Å². The molecule has 146 valence electrons. The fourth-order valence-corrected chi connectivity index (χ4v) is 4.38. The van der Waals surface area contributed by atoms with Crippen molar-refractivity contribution in [2.24, 2.45) is 10.9 Å². The number of pyridine rings is 1. The maximum Gasteiger partial charge on any atom is 0.191 e. The van der Waals surface area contributed by atoms with E-state index >= 15 is 0 Å². The number of nitrogens with zero attached hydrogens (tertiary/aromatic N) is 3. The molecule has 1 aliphatic heterocycles. The summed E-state index contributed by atoms with van der Waals surface area (Å²) in [6.45, 7) is 8.33. The van der Waals surface area contributed by atoms with Gasteiger partial charge in [-0.15, -0.1) is 11.3 Å². The number of guanidine groups is 1. The van der Waals surface area contributed by atoms with Gasteiger partial charge in [0.15, 0.2) is 5.96 Å². The number of aromatic nitrogens is 1. The first-order chi connectivity index (χ1) is 13.2. The number of piperidine rings is 1. The molecule has 1 atom stereocenters. The number of hydrogen-bond donors (Lipinski definition) is 2. The molecular weight excluding hydrogens is 354 g/mol. The average molecular weight is 386 g/mol. The summed E-state index contributed by atoms with van der Waals surface area (Å²) < 4.78 is 0. The van der Waals surface area contributed by atoms with Crippen molar-refractivity contribution in [2.75, 3.05) is 26.7 Å². The van der Waals surface area contributed by atoms with E-state index in [-0.39, 0.29) is 0 Å². The summed E-state index contributed by atoms with van der Waals surface area (Å²) >= 11 is 1.84. The van der Waals surface area contributed by atoms with Crippen LogP contribution in [0.3, 0.4) is 0 Å². The van der Waals surface area contributed by atoms with Gasteiger partial charge in [0.25, 0.3) is 0 Å². The molecule has 0 radical (unpaired) electrons. The van der Waals surface area contributed by atoms with Gasteiger partial charge in [0.05, 0.1) is 18.3 Å². The Kier molecular flexibility index (Phi) is 7.24. The van der Waals surface area contributed by atoms with Crippen LogP contribution < -0.4 is 10.6 Å². The Labute approximate surface area is 166 Å². The predicted octanol–water partition coefficient (Wildman–Crippen LogP) is 3.59. The number of nitrogens with one attached hydrogen (secondary N) is 2. The van der Waals surface area contributed by atoms with Gasteiger partial charge in [-0.25, -0.2) is 0 Å². The van der Waals surface area contributed by atoms with Crippen LogP contribution in [0.15, 0.2) is 40.8 Å². The second-order valence-corrected chi connectivity index (χ2v) is 8.30. The van der Waals surface area contributed by atoms with Crippen LogP contribution >= 0.6 is 11.3 Å². The number of aliphatic imine (C=N–C) groups is 1. The lowest BCUT2D eigenvalue weighted by Crippen LogP contribution is -2.44. The molecule has 3 rings (SSSR count). The molecule has 2 aromatic rings. The highest BCUT2D eigenvalue weighted by Crippen LogP contribution is 2.29. The molecule has 2 N–H and O–H groups in total. The second kappa shape index (κ2) is 9.85. The Bertz CT molecular complexity index is 720. The maximum absolute atomic E-state index is 4.45. The van der Waals surface area contributed by atoms with Gasteiger partial charge in [-0.3, -0.25) is 14.9 Å². The first-order valence-electron chi connectivity index (χ1n) is 9.80. The molecule has 1 fully saturated rings. The SMILES string of the molecule is CN=C(NCc1ncccc1C)NCC(c1cccs1)N1CCC(C)CC1. The summed E-state index contributed by atoms with van der Waals surface area (Å²) in [5.41, 5.74) is 2.25. The van der Waals surface area contributed by atoms with E-state index in [1.54, 1.807) is 0 Å². The predicted molar refractivity (Wildman–Crippen MR) is 114 cm³/mol. The normalized spacial score (nSPS) is 17.7. The largest absolute Gasteiger partial charge is 0.354 e. The molecule has 2 aromatic heterocycles. The summed E-state index contributed by atoms with van der Waals surface area (Å²) in [5, 5.41) is 9.10. The topological polar surface area (TPSA) is 52.6 Å². The fourth-order valence-electron chi connectivity index (χ4n) is 3.52. The lowest BCUT2D eigenvalue weighted by atomic mass is 9.97. The molecule has 0 spiro atoms. The minimum Gasteiger partial charge on any atom is -0.354 e. The summed E-state index contributed by atoms with van der Waals surface area (Å²) in [6, 6.07) is 8.85. The van der Waals surface area contributed by atoms with Gasteiger partial charge in [0.2, 0.25) is 0 Å². The van der Waals surface area contributed by atoms with Gasteiger partial charge in [0.1, 0.15) is 0 Å². The minimum absolute atomic E-state index is 0.396. The molecule has 6 heteroatoms. The van der Waals surface area contributed by atoms with E-state index in [0.717, 1.165) is 24.1 Å². The lowest BCUT2D eigenvalue weighted by Gasteiger charge is -2.36. The molecule has 5 nitrogen and oxygen atoms in total. The fraction of sp³-hybridized carbons (Fsp3) is 0.524. The van der Waals surface area contributed by atoms with Gasteiger partial charge in [-0.05, 0) is 61.8 Å². The highest BCUT2D eigenvalue weighted by molar-refractivity contribution is 7.10. The molecule has 0 aliphatic carbocycles. The number of hydrogen-bond acceptors (Lipinski definition) is 4. The van der Waals surface area contributed by atoms with Crippen molar-refractivity contribution in [1.29, 1.82) is 0 Å². The van der Waals surface area contributed by atoms with Crippen LogP contribution in [0.25, 0.3) is 0 Å². The van der Waals surface area contributed by atoms with E-state index in [1.807, 2.05) is 30.6 Å². The van der Waals surface area contributed by atoms with Crippen molar-refractivity contribution >= 4 is 17.3 Å². The first kappa shape index (κ1) is 19.8. The average Bonchev–Trinajstić information content (AvgIpc) is 3.21. The van der Waals surface area contributed by atoms with E-state index in [1.165, 1.54) is 36.4 Å². The molecule has 1 aliphatic rings. The Hall–Kier alpha value is -1.92. The van der Waals surface area contributed by atoms with Crippen molar-refractivity contribution in [3.05, 3.63) is 52.0 Å². The zero-order valence-electron chi connectivity index (χ0n) is 16.6. The highest BCUT2D eigenvalue weighted by atomic mass is 32.1. The van der Waals surface area contributed by atoms with Gasteiger partial charge in [-0.1, -0.05) is 19.1 Å². The van der Waals surface area contributed by atoms with Crippen LogP contribution in [0.1, 0.15) is 41.9 Å². The Balaban J connectivity index is 1.59. The minimum atomic E-state index is 0.396. The zero-order chi connectivity index (χ0) is 19.1. The number of thiophene rings is 1.